The van der Waals surface area contributed by atoms with Crippen molar-refractivity contribution in [1.82, 2.24) is 4.90 Å². The van der Waals surface area contributed by atoms with Crippen LogP contribution in [0.25, 0.3) is 10.8 Å². The Balaban J connectivity index is 2.36. The van der Waals surface area contributed by atoms with Crippen molar-refractivity contribution in [2.24, 2.45) is 0 Å². The van der Waals surface area contributed by atoms with Crippen LogP contribution in [-0.2, 0) is 6.42 Å². The second kappa shape index (κ2) is 6.62. The molecule has 0 aliphatic heterocycles. The van der Waals surface area contributed by atoms with Crippen LogP contribution in [0.15, 0.2) is 30.3 Å². The van der Waals surface area contributed by atoms with Crippen LogP contribution in [0.2, 0.25) is 0 Å². The summed E-state index contributed by atoms with van der Waals surface area (Å²) < 4.78 is 11.0. The predicted octanol–water partition coefficient (Wildman–Crippen LogP) is 3.35. The molecule has 0 N–H and O–H groups in total. The second-order valence-corrected chi connectivity index (χ2v) is 5.25. The zero-order valence-corrected chi connectivity index (χ0v) is 12.8. The Bertz CT molecular complexity index is 578. The van der Waals surface area contributed by atoms with Gasteiger partial charge in [0.1, 0.15) is 11.5 Å². The van der Waals surface area contributed by atoms with E-state index in [4.69, 9.17) is 9.47 Å². The zero-order valence-electron chi connectivity index (χ0n) is 12.8. The van der Waals surface area contributed by atoms with Gasteiger partial charge in [-0.15, -0.1) is 0 Å². The van der Waals surface area contributed by atoms with Gasteiger partial charge >= 0.3 is 0 Å². The lowest BCUT2D eigenvalue weighted by Crippen LogP contribution is -2.13. The third kappa shape index (κ3) is 3.23. The normalized spacial score (nSPS) is 11.1. The number of hydrogen-bond donors (Lipinski definition) is 0. The molecule has 2 rings (SSSR count). The summed E-state index contributed by atoms with van der Waals surface area (Å²) >= 11 is 0. The van der Waals surface area contributed by atoms with Gasteiger partial charge in [-0.25, -0.2) is 0 Å². The first kappa shape index (κ1) is 14.7. The Hall–Kier alpha value is -1.74. The quantitative estimate of drug-likeness (QED) is 0.805. The van der Waals surface area contributed by atoms with Crippen molar-refractivity contribution in [3.63, 3.8) is 0 Å². The fourth-order valence-corrected chi connectivity index (χ4v) is 2.47. The van der Waals surface area contributed by atoms with Crippen LogP contribution in [-0.4, -0.2) is 39.8 Å². The Morgan fingerprint density at radius 3 is 2.40 bits per heavy atom. The summed E-state index contributed by atoms with van der Waals surface area (Å²) in [6.45, 7) is 1.08. The number of benzene rings is 2. The van der Waals surface area contributed by atoms with Crippen molar-refractivity contribution in [3.05, 3.63) is 35.9 Å². The van der Waals surface area contributed by atoms with Gasteiger partial charge in [0.2, 0.25) is 0 Å². The molecule has 20 heavy (non-hydrogen) atoms. The SMILES string of the molecule is COc1cc2cccc(OC)c2cc1CCCN(C)C. The maximum atomic E-state index is 5.53. The van der Waals surface area contributed by atoms with Crippen LogP contribution in [0.5, 0.6) is 11.5 Å². The largest absolute Gasteiger partial charge is 0.496 e. The molecule has 0 unspecified atom stereocenters. The molecule has 0 atom stereocenters. The number of fused-ring (bicyclic) bond motifs is 1. The van der Waals surface area contributed by atoms with Gasteiger partial charge in [0, 0.05) is 5.39 Å². The summed E-state index contributed by atoms with van der Waals surface area (Å²) in [5.41, 5.74) is 1.24. The molecule has 0 radical (unpaired) electrons. The monoisotopic (exact) mass is 273 g/mol. The van der Waals surface area contributed by atoms with Crippen LogP contribution < -0.4 is 9.47 Å². The van der Waals surface area contributed by atoms with Crippen LogP contribution in [0.1, 0.15) is 12.0 Å². The highest BCUT2D eigenvalue weighted by atomic mass is 16.5. The van der Waals surface area contributed by atoms with Crippen LogP contribution in [0.4, 0.5) is 0 Å². The minimum Gasteiger partial charge on any atom is -0.496 e. The summed E-state index contributed by atoms with van der Waals surface area (Å²) in [6.07, 6.45) is 2.12. The van der Waals surface area contributed by atoms with E-state index < -0.39 is 0 Å². The average Bonchev–Trinajstić information content (AvgIpc) is 2.45. The van der Waals surface area contributed by atoms with E-state index in [9.17, 15) is 0 Å². The van der Waals surface area contributed by atoms with Crippen LogP contribution in [0.3, 0.4) is 0 Å². The molecule has 0 bridgehead atoms. The Labute approximate surface area is 121 Å². The lowest BCUT2D eigenvalue weighted by Gasteiger charge is -2.14. The molecule has 2 aromatic carbocycles. The van der Waals surface area contributed by atoms with Gasteiger partial charge in [-0.05, 0) is 62.6 Å². The minimum atomic E-state index is 0.916. The van der Waals surface area contributed by atoms with Gasteiger partial charge in [0.15, 0.2) is 0 Å². The molecule has 0 aliphatic carbocycles. The van der Waals surface area contributed by atoms with Gasteiger partial charge in [0.05, 0.1) is 14.2 Å². The molecule has 0 aliphatic rings. The Morgan fingerprint density at radius 2 is 1.75 bits per heavy atom. The fourth-order valence-electron chi connectivity index (χ4n) is 2.47. The van der Waals surface area contributed by atoms with E-state index in [0.29, 0.717) is 0 Å². The van der Waals surface area contributed by atoms with E-state index in [1.165, 1.54) is 5.56 Å². The summed E-state index contributed by atoms with van der Waals surface area (Å²) in [6, 6.07) is 10.4. The zero-order chi connectivity index (χ0) is 14.5. The minimum absolute atomic E-state index is 0.916. The Kier molecular flexibility index (Phi) is 4.85. The van der Waals surface area contributed by atoms with E-state index >= 15 is 0 Å². The van der Waals surface area contributed by atoms with E-state index in [2.05, 4.69) is 37.2 Å². The molecule has 0 saturated carbocycles. The molecule has 0 aromatic heterocycles. The van der Waals surface area contributed by atoms with Crippen molar-refractivity contribution < 1.29 is 9.47 Å². The molecule has 3 heteroatoms. The summed E-state index contributed by atoms with van der Waals surface area (Å²) in [5, 5.41) is 2.30. The van der Waals surface area contributed by atoms with E-state index in [-0.39, 0.29) is 0 Å². The van der Waals surface area contributed by atoms with Crippen molar-refractivity contribution in [1.29, 1.82) is 0 Å². The summed E-state index contributed by atoms with van der Waals surface area (Å²) in [5.74, 6) is 1.88. The van der Waals surface area contributed by atoms with Crippen LogP contribution in [0, 0.1) is 0 Å². The van der Waals surface area contributed by atoms with E-state index in [1.54, 1.807) is 14.2 Å². The first-order valence-corrected chi connectivity index (χ1v) is 6.94. The third-order valence-corrected chi connectivity index (χ3v) is 3.51. The molecule has 0 heterocycles. The lowest BCUT2D eigenvalue weighted by atomic mass is 10.0. The highest BCUT2D eigenvalue weighted by Crippen LogP contribution is 2.32. The molecule has 0 saturated heterocycles. The number of methoxy groups -OCH3 is 2. The topological polar surface area (TPSA) is 21.7 Å². The van der Waals surface area contributed by atoms with Gasteiger partial charge < -0.3 is 14.4 Å². The molecule has 3 nitrogen and oxygen atoms in total. The molecule has 0 amide bonds. The maximum absolute atomic E-state index is 5.53. The maximum Gasteiger partial charge on any atom is 0.126 e. The first-order chi connectivity index (χ1) is 9.65. The smallest absolute Gasteiger partial charge is 0.126 e. The number of ether oxygens (including phenoxy) is 2. The van der Waals surface area contributed by atoms with Gasteiger partial charge in [0.25, 0.3) is 0 Å². The number of hydrogen-bond acceptors (Lipinski definition) is 3. The summed E-state index contributed by atoms with van der Waals surface area (Å²) in [7, 11) is 7.64. The number of aryl methyl sites for hydroxylation is 1. The molecule has 2 aromatic rings. The third-order valence-electron chi connectivity index (χ3n) is 3.51. The van der Waals surface area contributed by atoms with Crippen molar-refractivity contribution >= 4 is 10.8 Å². The summed E-state index contributed by atoms with van der Waals surface area (Å²) in [4.78, 5) is 2.20. The highest BCUT2D eigenvalue weighted by molar-refractivity contribution is 5.90. The molecular weight excluding hydrogens is 250 g/mol. The van der Waals surface area contributed by atoms with Gasteiger partial charge in [-0.3, -0.25) is 0 Å². The molecule has 108 valence electrons. The first-order valence-electron chi connectivity index (χ1n) is 6.94. The van der Waals surface area contributed by atoms with Crippen molar-refractivity contribution in [3.8, 4) is 11.5 Å². The van der Waals surface area contributed by atoms with Gasteiger partial charge in [-0.2, -0.15) is 0 Å². The highest BCUT2D eigenvalue weighted by Gasteiger charge is 2.08. The lowest BCUT2D eigenvalue weighted by molar-refractivity contribution is 0.391. The van der Waals surface area contributed by atoms with E-state index in [0.717, 1.165) is 41.7 Å². The fraction of sp³-hybridized carbons (Fsp3) is 0.412. The van der Waals surface area contributed by atoms with E-state index in [1.807, 2.05) is 12.1 Å². The second-order valence-electron chi connectivity index (χ2n) is 5.25. The Morgan fingerprint density at radius 1 is 1.00 bits per heavy atom. The average molecular weight is 273 g/mol. The predicted molar refractivity (Wildman–Crippen MR) is 83.9 cm³/mol. The van der Waals surface area contributed by atoms with Gasteiger partial charge in [-0.1, -0.05) is 12.1 Å². The molecule has 0 fully saturated rings. The van der Waals surface area contributed by atoms with Crippen molar-refractivity contribution in [2.75, 3.05) is 34.9 Å². The van der Waals surface area contributed by atoms with Crippen molar-refractivity contribution in [2.45, 2.75) is 12.8 Å². The molecule has 0 spiro atoms. The molecular formula is C17H23NO2. The number of nitrogens with zero attached hydrogens (tertiary/aromatic N) is 1. The standard InChI is InChI=1S/C17H23NO2/c1-18(2)10-6-8-14-11-15-13(12-17(14)20-4)7-5-9-16(15)19-3/h5,7,9,11-12H,6,8,10H2,1-4H3. The number of rotatable bonds is 6. The van der Waals surface area contributed by atoms with Crippen LogP contribution >= 0.6 is 0 Å².